The number of hydrogen-bond donors (Lipinski definition) is 1. The van der Waals surface area contributed by atoms with Gasteiger partial charge in [-0.15, -0.1) is 11.8 Å². The zero-order valence-electron chi connectivity index (χ0n) is 13.3. The lowest BCUT2D eigenvalue weighted by atomic mass is 10.2. The summed E-state index contributed by atoms with van der Waals surface area (Å²) < 4.78 is 5.21. The van der Waals surface area contributed by atoms with Gasteiger partial charge < -0.3 is 9.84 Å². The van der Waals surface area contributed by atoms with Gasteiger partial charge in [0, 0.05) is 22.8 Å². The molecule has 1 N–H and O–H groups in total. The Bertz CT molecular complexity index is 558. The maximum atomic E-state index is 5.21. The normalized spacial score (nSPS) is 11.3. The molecule has 0 amide bonds. The van der Waals surface area contributed by atoms with Crippen LogP contribution < -0.4 is 5.32 Å². The van der Waals surface area contributed by atoms with Gasteiger partial charge in [0.25, 0.3) is 0 Å². The summed E-state index contributed by atoms with van der Waals surface area (Å²) in [4.78, 5) is 1.29. The Hall–Kier alpha value is -1.26. The summed E-state index contributed by atoms with van der Waals surface area (Å²) >= 11 is 1.83. The van der Waals surface area contributed by atoms with Gasteiger partial charge in [-0.25, -0.2) is 0 Å². The second kappa shape index (κ2) is 7.66. The van der Waals surface area contributed by atoms with E-state index in [1.54, 1.807) is 0 Å². The van der Waals surface area contributed by atoms with Crippen LogP contribution in [0.4, 0.5) is 0 Å². The quantitative estimate of drug-likeness (QED) is 0.773. The van der Waals surface area contributed by atoms with Gasteiger partial charge in [-0.3, -0.25) is 0 Å². The Labute approximate surface area is 131 Å². The van der Waals surface area contributed by atoms with Gasteiger partial charge >= 0.3 is 0 Å². The number of hydrogen-bond acceptors (Lipinski definition) is 4. The summed E-state index contributed by atoms with van der Waals surface area (Å²) in [6.45, 7) is 10.4. The molecule has 0 radical (unpaired) electrons. The predicted octanol–water partition coefficient (Wildman–Crippen LogP) is 4.33. The third-order valence-corrected chi connectivity index (χ3v) is 4.36. The highest BCUT2D eigenvalue weighted by atomic mass is 32.2. The van der Waals surface area contributed by atoms with Crippen molar-refractivity contribution in [1.82, 2.24) is 10.5 Å². The fourth-order valence-corrected chi connectivity index (χ4v) is 3.25. The SMILES string of the molecule is Cc1noc(C)c1CSc1cccc(CNCC(C)C)c1. The van der Waals surface area contributed by atoms with Crippen molar-refractivity contribution >= 4 is 11.8 Å². The van der Waals surface area contributed by atoms with Gasteiger partial charge in [-0.05, 0) is 44.0 Å². The minimum absolute atomic E-state index is 0.682. The van der Waals surface area contributed by atoms with Crippen LogP contribution >= 0.6 is 11.8 Å². The molecule has 3 nitrogen and oxygen atoms in total. The Kier molecular flexibility index (Phi) is 5.88. The Morgan fingerprint density at radius 1 is 1.29 bits per heavy atom. The van der Waals surface area contributed by atoms with Crippen molar-refractivity contribution in [2.45, 2.75) is 44.9 Å². The molecule has 2 aromatic rings. The molecule has 0 aliphatic heterocycles. The molecule has 0 fully saturated rings. The van der Waals surface area contributed by atoms with Crippen molar-refractivity contribution < 1.29 is 4.52 Å². The molecule has 1 heterocycles. The summed E-state index contributed by atoms with van der Waals surface area (Å²) in [5, 5.41) is 7.49. The standard InChI is InChI=1S/C17H24N2OS/c1-12(2)9-18-10-15-6-5-7-16(8-15)21-11-17-13(3)19-20-14(17)4/h5-8,12,18H,9-11H2,1-4H3. The minimum Gasteiger partial charge on any atom is -0.361 e. The lowest BCUT2D eigenvalue weighted by Crippen LogP contribution is -2.18. The highest BCUT2D eigenvalue weighted by Crippen LogP contribution is 2.26. The van der Waals surface area contributed by atoms with E-state index in [1.165, 1.54) is 16.0 Å². The second-order valence-corrected chi connectivity index (χ2v) is 6.81. The topological polar surface area (TPSA) is 38.1 Å². The number of thioether (sulfide) groups is 1. The molecule has 0 atom stereocenters. The molecule has 0 spiro atoms. The van der Waals surface area contributed by atoms with Gasteiger partial charge in [0.1, 0.15) is 5.76 Å². The summed E-state index contributed by atoms with van der Waals surface area (Å²) in [6.07, 6.45) is 0. The first-order chi connectivity index (χ1) is 10.1. The first kappa shape index (κ1) is 16.1. The van der Waals surface area contributed by atoms with E-state index in [4.69, 9.17) is 4.52 Å². The lowest BCUT2D eigenvalue weighted by molar-refractivity contribution is 0.392. The molecule has 4 heteroatoms. The van der Waals surface area contributed by atoms with E-state index in [-0.39, 0.29) is 0 Å². The zero-order chi connectivity index (χ0) is 15.2. The molecular formula is C17H24N2OS. The molecule has 21 heavy (non-hydrogen) atoms. The summed E-state index contributed by atoms with van der Waals surface area (Å²) in [5.74, 6) is 2.51. The lowest BCUT2D eigenvalue weighted by Gasteiger charge is -2.09. The molecule has 2 rings (SSSR count). The average molecular weight is 304 g/mol. The van der Waals surface area contributed by atoms with Crippen molar-refractivity contribution in [3.8, 4) is 0 Å². The van der Waals surface area contributed by atoms with E-state index in [1.807, 2.05) is 25.6 Å². The van der Waals surface area contributed by atoms with Crippen molar-refractivity contribution in [2.24, 2.45) is 5.92 Å². The van der Waals surface area contributed by atoms with Gasteiger partial charge in [0.05, 0.1) is 5.69 Å². The minimum atomic E-state index is 0.682. The Morgan fingerprint density at radius 2 is 2.10 bits per heavy atom. The second-order valence-electron chi connectivity index (χ2n) is 5.76. The maximum absolute atomic E-state index is 5.21. The van der Waals surface area contributed by atoms with Crippen LogP contribution in [0.5, 0.6) is 0 Å². The first-order valence-electron chi connectivity index (χ1n) is 7.40. The molecule has 0 saturated carbocycles. The molecule has 114 valence electrons. The van der Waals surface area contributed by atoms with Crippen LogP contribution in [0.25, 0.3) is 0 Å². The molecule has 0 aliphatic carbocycles. The van der Waals surface area contributed by atoms with Crippen LogP contribution in [0.2, 0.25) is 0 Å². The highest BCUT2D eigenvalue weighted by Gasteiger charge is 2.09. The number of aryl methyl sites for hydroxylation is 2. The molecule has 0 aliphatic rings. The van der Waals surface area contributed by atoms with E-state index in [0.717, 1.165) is 30.3 Å². The molecular weight excluding hydrogens is 280 g/mol. The summed E-state index contributed by atoms with van der Waals surface area (Å²) in [5.41, 5.74) is 3.54. The van der Waals surface area contributed by atoms with Crippen molar-refractivity contribution in [2.75, 3.05) is 6.54 Å². The van der Waals surface area contributed by atoms with E-state index >= 15 is 0 Å². The van der Waals surface area contributed by atoms with Crippen LogP contribution in [-0.4, -0.2) is 11.7 Å². The van der Waals surface area contributed by atoms with Crippen LogP contribution in [0.15, 0.2) is 33.7 Å². The third kappa shape index (κ3) is 4.90. The van der Waals surface area contributed by atoms with Gasteiger partial charge in [-0.1, -0.05) is 31.1 Å². The first-order valence-corrected chi connectivity index (χ1v) is 8.39. The van der Waals surface area contributed by atoms with Crippen LogP contribution in [0, 0.1) is 19.8 Å². The molecule has 0 bridgehead atoms. The van der Waals surface area contributed by atoms with E-state index in [9.17, 15) is 0 Å². The molecule has 0 saturated heterocycles. The molecule has 0 unspecified atom stereocenters. The molecule has 1 aromatic carbocycles. The predicted molar refractivity (Wildman–Crippen MR) is 88.5 cm³/mol. The largest absolute Gasteiger partial charge is 0.361 e. The Balaban J connectivity index is 1.92. The van der Waals surface area contributed by atoms with Crippen LogP contribution in [0.1, 0.15) is 36.4 Å². The summed E-state index contributed by atoms with van der Waals surface area (Å²) in [6, 6.07) is 8.72. The monoisotopic (exact) mass is 304 g/mol. The fourth-order valence-electron chi connectivity index (χ4n) is 2.11. The van der Waals surface area contributed by atoms with Gasteiger partial charge in [-0.2, -0.15) is 0 Å². The smallest absolute Gasteiger partial charge is 0.137 e. The number of benzene rings is 1. The van der Waals surface area contributed by atoms with Crippen molar-refractivity contribution in [3.05, 3.63) is 46.8 Å². The zero-order valence-corrected chi connectivity index (χ0v) is 14.1. The number of nitrogens with one attached hydrogen (secondary N) is 1. The maximum Gasteiger partial charge on any atom is 0.137 e. The van der Waals surface area contributed by atoms with Crippen molar-refractivity contribution in [1.29, 1.82) is 0 Å². The average Bonchev–Trinajstić information content (AvgIpc) is 2.76. The van der Waals surface area contributed by atoms with Gasteiger partial charge in [0.15, 0.2) is 0 Å². The number of rotatable bonds is 7. The van der Waals surface area contributed by atoms with Crippen LogP contribution in [0.3, 0.4) is 0 Å². The Morgan fingerprint density at radius 3 is 2.76 bits per heavy atom. The fraction of sp³-hybridized carbons (Fsp3) is 0.471. The van der Waals surface area contributed by atoms with Crippen molar-refractivity contribution in [3.63, 3.8) is 0 Å². The van der Waals surface area contributed by atoms with Gasteiger partial charge in [0.2, 0.25) is 0 Å². The number of nitrogens with zero attached hydrogens (tertiary/aromatic N) is 1. The number of aromatic nitrogens is 1. The van der Waals surface area contributed by atoms with E-state index in [0.29, 0.717) is 5.92 Å². The van der Waals surface area contributed by atoms with E-state index < -0.39 is 0 Å². The van der Waals surface area contributed by atoms with E-state index in [2.05, 4.69) is 48.6 Å². The van der Waals surface area contributed by atoms with Crippen LogP contribution in [-0.2, 0) is 12.3 Å². The molecule has 1 aromatic heterocycles. The third-order valence-electron chi connectivity index (χ3n) is 3.34. The summed E-state index contributed by atoms with van der Waals surface area (Å²) in [7, 11) is 0. The highest BCUT2D eigenvalue weighted by molar-refractivity contribution is 7.98.